The molecule has 0 aliphatic carbocycles. The van der Waals surface area contributed by atoms with Crippen molar-refractivity contribution < 1.29 is 92.4 Å². The first-order valence-corrected chi connectivity index (χ1v) is 18.2. The van der Waals surface area contributed by atoms with Gasteiger partial charge in [0.2, 0.25) is 5.52 Å². The zero-order chi connectivity index (χ0) is 50.4. The van der Waals surface area contributed by atoms with Crippen molar-refractivity contribution in [3.8, 4) is 12.1 Å². The Kier molecular flexibility index (Phi) is 13.7. The van der Waals surface area contributed by atoms with Crippen molar-refractivity contribution in [3.05, 3.63) is 200 Å². The standard InChI is InChI=1S/C24BF20.C20H14N3/c26-5-1(6(27)14(35)21(42)13(5)34)25(2-7(28)15(36)22(43)16(37)8(2)29,3-9(30)17(38)23(44)18(39)10(3)31)4-11(32)19(40)24(45)20(41)12(4)33;21-13-18(14-22)19(16-7-2-1-3-8-16)15-23-12-6-10-17-9-4-5-11-20(17)23/h;1-12H,15H2/q-1;+1. The SMILES string of the molecule is Fc1c(F)c(F)c([B-](c2c(F)c(F)c(F)c(F)c2F)(c2c(F)c(F)c(F)c(F)c2F)c2c(F)c(F)c(F)c(F)c2F)c(F)c1F.N#CC(C#N)=C(C[n+]1cccc2ccccc21)c1ccccc1. The van der Waals surface area contributed by atoms with Crippen LogP contribution < -0.4 is 26.4 Å². The van der Waals surface area contributed by atoms with Crippen molar-refractivity contribution >= 4 is 44.5 Å². The van der Waals surface area contributed by atoms with Gasteiger partial charge in [0.25, 0.3) is 0 Å². The number of halogens is 20. The van der Waals surface area contributed by atoms with Crippen LogP contribution in [-0.2, 0) is 6.54 Å². The molecule has 0 unspecified atom stereocenters. The van der Waals surface area contributed by atoms with Crippen molar-refractivity contribution in [2.24, 2.45) is 0 Å². The minimum Gasteiger partial charge on any atom is -0.207 e. The summed E-state index contributed by atoms with van der Waals surface area (Å²) in [5.41, 5.74) is -11.5. The van der Waals surface area contributed by atoms with E-state index in [4.69, 9.17) is 0 Å². The summed E-state index contributed by atoms with van der Waals surface area (Å²) in [5.74, 6) is -71.4. The highest BCUT2D eigenvalue weighted by Crippen LogP contribution is 2.31. The zero-order valence-corrected chi connectivity index (χ0v) is 32.6. The molecule has 24 heteroatoms. The van der Waals surface area contributed by atoms with E-state index in [1.807, 2.05) is 85.1 Å². The lowest BCUT2D eigenvalue weighted by Crippen LogP contribution is -2.81. The van der Waals surface area contributed by atoms with Crippen molar-refractivity contribution in [3.63, 3.8) is 0 Å². The fourth-order valence-corrected chi connectivity index (χ4v) is 7.52. The molecule has 68 heavy (non-hydrogen) atoms. The van der Waals surface area contributed by atoms with Crippen LogP contribution in [0.4, 0.5) is 87.8 Å². The molecule has 0 saturated carbocycles. The lowest BCUT2D eigenvalue weighted by molar-refractivity contribution is -0.658. The molecule has 0 atom stereocenters. The van der Waals surface area contributed by atoms with Crippen LogP contribution in [-0.4, -0.2) is 6.15 Å². The Morgan fingerprint density at radius 3 is 0.971 bits per heavy atom. The van der Waals surface area contributed by atoms with E-state index in [1.165, 1.54) is 0 Å². The van der Waals surface area contributed by atoms with E-state index >= 15 is 35.1 Å². The van der Waals surface area contributed by atoms with Gasteiger partial charge < -0.3 is 0 Å². The molecule has 0 aliphatic heterocycles. The number of pyridine rings is 1. The Morgan fingerprint density at radius 2 is 0.647 bits per heavy atom. The highest BCUT2D eigenvalue weighted by atomic mass is 19.2. The maximum Gasteiger partial charge on any atom is 0.212 e. The van der Waals surface area contributed by atoms with Crippen LogP contribution in [0.3, 0.4) is 0 Å². The highest BCUT2D eigenvalue weighted by molar-refractivity contribution is 7.20. The second-order valence-corrected chi connectivity index (χ2v) is 13.9. The average molecular weight is 975 g/mol. The van der Waals surface area contributed by atoms with Crippen LogP contribution >= 0.6 is 0 Å². The quantitative estimate of drug-likeness (QED) is 0.0400. The highest BCUT2D eigenvalue weighted by Gasteiger charge is 2.52. The summed E-state index contributed by atoms with van der Waals surface area (Å²) in [5, 5.41) is 19.7. The fraction of sp³-hybridized carbons (Fsp3) is 0.0227. The largest absolute Gasteiger partial charge is 0.212 e. The van der Waals surface area contributed by atoms with Gasteiger partial charge in [0.05, 0.1) is 5.57 Å². The lowest BCUT2D eigenvalue weighted by atomic mass is 9.12. The molecule has 0 bridgehead atoms. The number of rotatable bonds is 7. The third-order valence-electron chi connectivity index (χ3n) is 10.5. The molecule has 1 aromatic heterocycles. The molecule has 7 aromatic rings. The van der Waals surface area contributed by atoms with Gasteiger partial charge in [-0.15, -0.1) is 21.9 Å². The van der Waals surface area contributed by atoms with E-state index in [2.05, 4.69) is 4.57 Å². The van der Waals surface area contributed by atoms with Crippen LogP contribution in [0, 0.1) is 139 Å². The Morgan fingerprint density at radius 1 is 0.368 bits per heavy atom. The van der Waals surface area contributed by atoms with Gasteiger partial charge in [0.1, 0.15) is 70.4 Å². The first-order chi connectivity index (χ1) is 32.0. The normalized spacial score (nSPS) is 11.3. The van der Waals surface area contributed by atoms with Gasteiger partial charge in [-0.3, -0.25) is 0 Å². The van der Waals surface area contributed by atoms with Gasteiger partial charge in [-0.05, 0) is 17.7 Å². The Hall–Kier alpha value is -7.89. The van der Waals surface area contributed by atoms with E-state index in [0.29, 0.717) is 6.54 Å². The molecule has 0 radical (unpaired) electrons. The molecule has 0 amide bonds. The topological polar surface area (TPSA) is 51.5 Å². The molecule has 0 saturated heterocycles. The van der Waals surface area contributed by atoms with E-state index in [-0.39, 0.29) is 5.57 Å². The van der Waals surface area contributed by atoms with Gasteiger partial charge >= 0.3 is 0 Å². The number of fused-ring (bicyclic) bond motifs is 1. The fourth-order valence-electron chi connectivity index (χ4n) is 7.52. The van der Waals surface area contributed by atoms with Gasteiger partial charge in [0, 0.05) is 17.5 Å². The molecule has 7 rings (SSSR count). The monoisotopic (exact) mass is 975 g/mol. The molecule has 348 valence electrons. The maximum absolute atomic E-state index is 15.4. The molecule has 0 aliphatic rings. The van der Waals surface area contributed by atoms with Gasteiger partial charge in [-0.25, -0.2) is 87.8 Å². The summed E-state index contributed by atoms with van der Waals surface area (Å²) in [7, 11) is 0. The number of hydrogen-bond donors (Lipinski definition) is 0. The van der Waals surface area contributed by atoms with Crippen molar-refractivity contribution in [2.45, 2.75) is 6.54 Å². The van der Waals surface area contributed by atoms with Gasteiger partial charge in [-0.2, -0.15) is 15.1 Å². The third-order valence-corrected chi connectivity index (χ3v) is 10.5. The Bertz CT molecular complexity index is 2950. The number of nitrogens with zero attached hydrogens (tertiary/aromatic N) is 3. The zero-order valence-electron chi connectivity index (χ0n) is 32.6. The molecular weight excluding hydrogens is 961 g/mol. The van der Waals surface area contributed by atoms with Crippen LogP contribution in [0.2, 0.25) is 0 Å². The third kappa shape index (κ3) is 7.68. The molecular formula is C44H14BF20N3. The van der Waals surface area contributed by atoms with E-state index < -0.39 is 144 Å². The summed E-state index contributed by atoms with van der Waals surface area (Å²) in [6, 6.07) is 25.7. The molecule has 0 spiro atoms. The summed E-state index contributed by atoms with van der Waals surface area (Å²) in [6.45, 7) is 0.474. The summed E-state index contributed by atoms with van der Waals surface area (Å²) < 4.78 is 296. The van der Waals surface area contributed by atoms with Gasteiger partial charge in [0.15, 0.2) is 82.5 Å². The second kappa shape index (κ2) is 18.8. The molecule has 3 nitrogen and oxygen atoms in total. The summed E-state index contributed by atoms with van der Waals surface area (Å²) in [6.07, 6.45) is -5.25. The minimum atomic E-state index is -7.22. The number of benzene rings is 6. The predicted octanol–water partition coefficient (Wildman–Crippen LogP) is 9.47. The van der Waals surface area contributed by atoms with E-state index in [1.54, 1.807) is 0 Å². The van der Waals surface area contributed by atoms with Crippen molar-refractivity contribution in [1.29, 1.82) is 10.5 Å². The van der Waals surface area contributed by atoms with Crippen LogP contribution in [0.15, 0.2) is 78.5 Å². The number of nitriles is 2. The smallest absolute Gasteiger partial charge is 0.207 e. The first kappa shape index (κ1) is 49.5. The van der Waals surface area contributed by atoms with Gasteiger partial charge in [-0.1, -0.05) is 42.5 Å². The molecule has 1 heterocycles. The van der Waals surface area contributed by atoms with E-state index in [9.17, 15) is 63.2 Å². The van der Waals surface area contributed by atoms with Crippen molar-refractivity contribution in [1.82, 2.24) is 0 Å². The maximum atomic E-state index is 15.4. The number of hydrogen-bond acceptors (Lipinski definition) is 2. The predicted molar refractivity (Wildman–Crippen MR) is 198 cm³/mol. The number of para-hydroxylation sites is 1. The van der Waals surface area contributed by atoms with Crippen molar-refractivity contribution in [2.75, 3.05) is 0 Å². The molecule has 0 fully saturated rings. The van der Waals surface area contributed by atoms with E-state index in [0.717, 1.165) is 22.0 Å². The molecule has 6 aromatic carbocycles. The van der Waals surface area contributed by atoms with Crippen LogP contribution in [0.5, 0.6) is 0 Å². The Labute approximate surface area is 366 Å². The number of allylic oxidation sites excluding steroid dienone is 2. The summed E-state index contributed by atoms with van der Waals surface area (Å²) >= 11 is 0. The number of aromatic nitrogens is 1. The lowest BCUT2D eigenvalue weighted by Gasteiger charge is -2.44. The average Bonchev–Trinajstić information content (AvgIpc) is 3.34. The van der Waals surface area contributed by atoms with Crippen LogP contribution in [0.25, 0.3) is 16.5 Å². The first-order valence-electron chi connectivity index (χ1n) is 18.2. The second-order valence-electron chi connectivity index (χ2n) is 13.9. The minimum absolute atomic E-state index is 0.150. The Balaban J connectivity index is 0.000000276. The van der Waals surface area contributed by atoms with Crippen LogP contribution in [0.1, 0.15) is 5.56 Å². The molecule has 0 N–H and O–H groups in total. The summed E-state index contributed by atoms with van der Waals surface area (Å²) in [4.78, 5) is 0.